The molecule has 5 nitrogen and oxygen atoms in total. The lowest BCUT2D eigenvalue weighted by Gasteiger charge is -2.17. The van der Waals surface area contributed by atoms with Gasteiger partial charge in [-0.1, -0.05) is 6.07 Å². The lowest BCUT2D eigenvalue weighted by molar-refractivity contribution is 0.0950. The van der Waals surface area contributed by atoms with Crippen molar-refractivity contribution in [2.75, 3.05) is 21.3 Å². The maximum atomic E-state index is 12.5. The summed E-state index contributed by atoms with van der Waals surface area (Å²) in [6, 6.07) is 9.71. The van der Waals surface area contributed by atoms with E-state index in [4.69, 9.17) is 14.2 Å². The molecule has 0 bridgehead atoms. The molecular weight excluding hydrogens is 330 g/mol. The quantitative estimate of drug-likeness (QED) is 0.861. The highest BCUT2D eigenvalue weighted by atomic mass is 16.5. The van der Waals surface area contributed by atoms with Gasteiger partial charge in [0.15, 0.2) is 11.5 Å². The summed E-state index contributed by atoms with van der Waals surface area (Å²) < 4.78 is 16.0. The van der Waals surface area contributed by atoms with E-state index in [-0.39, 0.29) is 5.91 Å². The van der Waals surface area contributed by atoms with Crippen LogP contribution in [0.2, 0.25) is 0 Å². The topological polar surface area (TPSA) is 56.8 Å². The summed E-state index contributed by atoms with van der Waals surface area (Å²) in [6.07, 6.45) is 4.61. The summed E-state index contributed by atoms with van der Waals surface area (Å²) in [6.45, 7) is 0.382. The highest BCUT2D eigenvalue weighted by Crippen LogP contribution is 2.38. The van der Waals surface area contributed by atoms with Crippen LogP contribution in [0.3, 0.4) is 0 Å². The number of methoxy groups -OCH3 is 3. The van der Waals surface area contributed by atoms with E-state index >= 15 is 0 Å². The third kappa shape index (κ3) is 3.77. The van der Waals surface area contributed by atoms with Crippen LogP contribution in [0.15, 0.2) is 30.3 Å². The van der Waals surface area contributed by atoms with E-state index in [0.29, 0.717) is 29.4 Å². The zero-order valence-electron chi connectivity index (χ0n) is 15.6. The molecule has 0 saturated heterocycles. The fourth-order valence-electron chi connectivity index (χ4n) is 3.40. The molecule has 0 spiro atoms. The number of hydrogen-bond acceptors (Lipinski definition) is 4. The lowest BCUT2D eigenvalue weighted by atomic mass is 9.90. The van der Waals surface area contributed by atoms with Gasteiger partial charge in [-0.05, 0) is 66.6 Å². The molecule has 26 heavy (non-hydrogen) atoms. The Balaban J connectivity index is 1.73. The number of carbonyl (C=O) groups is 1. The molecule has 0 atom stereocenters. The third-order valence-electron chi connectivity index (χ3n) is 4.79. The highest BCUT2D eigenvalue weighted by molar-refractivity contribution is 5.94. The molecule has 0 fully saturated rings. The van der Waals surface area contributed by atoms with Gasteiger partial charge >= 0.3 is 0 Å². The van der Waals surface area contributed by atoms with Gasteiger partial charge in [-0.3, -0.25) is 4.79 Å². The van der Waals surface area contributed by atoms with Gasteiger partial charge in [0.2, 0.25) is 5.75 Å². The largest absolute Gasteiger partial charge is 0.493 e. The molecular formula is C21H25NO4. The molecule has 1 aliphatic rings. The molecule has 0 radical (unpaired) electrons. The minimum atomic E-state index is -0.0767. The van der Waals surface area contributed by atoms with Crippen molar-refractivity contribution in [2.45, 2.75) is 32.2 Å². The van der Waals surface area contributed by atoms with Gasteiger partial charge in [-0.2, -0.15) is 0 Å². The highest BCUT2D eigenvalue weighted by Gasteiger charge is 2.15. The number of fused-ring (bicyclic) bond motifs is 1. The third-order valence-corrected chi connectivity index (χ3v) is 4.79. The summed E-state index contributed by atoms with van der Waals surface area (Å²) >= 11 is 0. The Morgan fingerprint density at radius 3 is 2.19 bits per heavy atom. The van der Waals surface area contributed by atoms with Gasteiger partial charge < -0.3 is 19.5 Å². The first-order valence-electron chi connectivity index (χ1n) is 8.85. The van der Waals surface area contributed by atoms with Crippen molar-refractivity contribution in [3.05, 3.63) is 52.6 Å². The van der Waals surface area contributed by atoms with Crippen LogP contribution in [0.1, 0.15) is 39.9 Å². The summed E-state index contributed by atoms with van der Waals surface area (Å²) in [4.78, 5) is 12.5. The Kier molecular flexibility index (Phi) is 5.66. The molecule has 3 rings (SSSR count). The molecule has 1 amide bonds. The first-order valence-corrected chi connectivity index (χ1v) is 8.85. The number of aryl methyl sites for hydroxylation is 2. The van der Waals surface area contributed by atoms with Crippen molar-refractivity contribution in [2.24, 2.45) is 0 Å². The van der Waals surface area contributed by atoms with E-state index in [1.54, 1.807) is 21.3 Å². The average molecular weight is 355 g/mol. The summed E-state index contributed by atoms with van der Waals surface area (Å²) in [5, 5.41) is 2.97. The molecule has 138 valence electrons. The van der Waals surface area contributed by atoms with Crippen LogP contribution >= 0.6 is 0 Å². The van der Waals surface area contributed by atoms with E-state index in [0.717, 1.165) is 18.4 Å². The second kappa shape index (κ2) is 8.13. The van der Waals surface area contributed by atoms with Crippen LogP contribution in [0.4, 0.5) is 0 Å². The van der Waals surface area contributed by atoms with Crippen LogP contribution in [0, 0.1) is 0 Å². The first-order chi connectivity index (χ1) is 12.7. The normalized spacial score (nSPS) is 12.9. The number of ether oxygens (including phenoxy) is 3. The van der Waals surface area contributed by atoms with Gasteiger partial charge in [0.1, 0.15) is 0 Å². The first kappa shape index (κ1) is 18.1. The standard InChI is InChI=1S/C21H25NO4/c1-24-18-10-14(11-19(25-2)20(18)26-3)13-22-21(23)17-9-8-15-6-4-5-7-16(15)12-17/h8-12H,4-7,13H2,1-3H3,(H,22,23). The molecule has 0 aliphatic heterocycles. The number of carbonyl (C=O) groups excluding carboxylic acids is 1. The van der Waals surface area contributed by atoms with Crippen LogP contribution in [0.5, 0.6) is 17.2 Å². The van der Waals surface area contributed by atoms with Crippen molar-refractivity contribution in [1.82, 2.24) is 5.32 Å². The Bertz CT molecular complexity index is 776. The molecule has 0 unspecified atom stereocenters. The zero-order chi connectivity index (χ0) is 18.5. The molecule has 5 heteroatoms. The molecule has 2 aromatic carbocycles. The van der Waals surface area contributed by atoms with Crippen LogP contribution < -0.4 is 19.5 Å². The Morgan fingerprint density at radius 1 is 0.923 bits per heavy atom. The molecule has 0 heterocycles. The van der Waals surface area contributed by atoms with Crippen molar-refractivity contribution in [3.8, 4) is 17.2 Å². The van der Waals surface area contributed by atoms with Gasteiger partial charge in [-0.15, -0.1) is 0 Å². The zero-order valence-corrected chi connectivity index (χ0v) is 15.6. The van der Waals surface area contributed by atoms with Crippen molar-refractivity contribution in [1.29, 1.82) is 0 Å². The predicted molar refractivity (Wildman–Crippen MR) is 100 cm³/mol. The minimum absolute atomic E-state index is 0.0767. The van der Waals surface area contributed by atoms with Crippen LogP contribution in [0.25, 0.3) is 0 Å². The average Bonchev–Trinajstić information content (AvgIpc) is 2.70. The predicted octanol–water partition coefficient (Wildman–Crippen LogP) is 3.52. The molecule has 1 aliphatic carbocycles. The summed E-state index contributed by atoms with van der Waals surface area (Å²) in [5.41, 5.74) is 4.26. The SMILES string of the molecule is COc1cc(CNC(=O)c2ccc3c(c2)CCCC3)cc(OC)c1OC. The van der Waals surface area contributed by atoms with E-state index in [9.17, 15) is 4.79 Å². The van der Waals surface area contributed by atoms with E-state index in [2.05, 4.69) is 11.4 Å². The second-order valence-corrected chi connectivity index (χ2v) is 6.41. The van der Waals surface area contributed by atoms with Gasteiger partial charge in [0.25, 0.3) is 5.91 Å². The lowest BCUT2D eigenvalue weighted by Crippen LogP contribution is -2.23. The number of amides is 1. The Morgan fingerprint density at radius 2 is 1.58 bits per heavy atom. The number of benzene rings is 2. The van der Waals surface area contributed by atoms with E-state index in [1.165, 1.54) is 24.0 Å². The van der Waals surface area contributed by atoms with Crippen molar-refractivity contribution < 1.29 is 19.0 Å². The van der Waals surface area contributed by atoms with Crippen molar-refractivity contribution in [3.63, 3.8) is 0 Å². The number of rotatable bonds is 6. The minimum Gasteiger partial charge on any atom is -0.493 e. The Hall–Kier alpha value is -2.69. The fraction of sp³-hybridized carbons (Fsp3) is 0.381. The Labute approximate surface area is 154 Å². The molecule has 0 aromatic heterocycles. The van der Waals surface area contributed by atoms with Crippen molar-refractivity contribution >= 4 is 5.91 Å². The number of hydrogen-bond donors (Lipinski definition) is 1. The number of nitrogens with one attached hydrogen (secondary N) is 1. The molecule has 0 saturated carbocycles. The molecule has 1 N–H and O–H groups in total. The monoisotopic (exact) mass is 355 g/mol. The molecule has 2 aromatic rings. The maximum Gasteiger partial charge on any atom is 0.251 e. The van der Waals surface area contributed by atoms with E-state index in [1.807, 2.05) is 24.3 Å². The fourth-order valence-corrected chi connectivity index (χ4v) is 3.40. The smallest absolute Gasteiger partial charge is 0.251 e. The van der Waals surface area contributed by atoms with Gasteiger partial charge in [0.05, 0.1) is 21.3 Å². The van der Waals surface area contributed by atoms with Gasteiger partial charge in [-0.25, -0.2) is 0 Å². The summed E-state index contributed by atoms with van der Waals surface area (Å²) in [5.74, 6) is 1.61. The van der Waals surface area contributed by atoms with Crippen LogP contribution in [-0.2, 0) is 19.4 Å². The van der Waals surface area contributed by atoms with E-state index < -0.39 is 0 Å². The maximum absolute atomic E-state index is 12.5. The summed E-state index contributed by atoms with van der Waals surface area (Å²) in [7, 11) is 4.72. The van der Waals surface area contributed by atoms with Gasteiger partial charge in [0, 0.05) is 12.1 Å². The van der Waals surface area contributed by atoms with Crippen LogP contribution in [-0.4, -0.2) is 27.2 Å². The second-order valence-electron chi connectivity index (χ2n) is 6.41.